The maximum atomic E-state index is 3.78. The van der Waals surface area contributed by atoms with Crippen molar-refractivity contribution < 1.29 is 0 Å². The van der Waals surface area contributed by atoms with Gasteiger partial charge in [-0.25, -0.2) is 0 Å². The highest BCUT2D eigenvalue weighted by Crippen LogP contribution is 2.25. The molecule has 0 heterocycles. The van der Waals surface area contributed by atoms with Gasteiger partial charge in [-0.3, -0.25) is 4.90 Å². The van der Waals surface area contributed by atoms with Crippen molar-refractivity contribution in [1.82, 2.24) is 10.2 Å². The molecule has 2 fully saturated rings. The largest absolute Gasteiger partial charge is 0.312 e. The first-order chi connectivity index (χ1) is 8.31. The summed E-state index contributed by atoms with van der Waals surface area (Å²) in [6, 6.07) is 2.41. The second-order valence-corrected chi connectivity index (χ2v) is 6.01. The van der Waals surface area contributed by atoms with Crippen LogP contribution >= 0.6 is 0 Å². The lowest BCUT2D eigenvalue weighted by Gasteiger charge is -2.34. The van der Waals surface area contributed by atoms with Gasteiger partial charge in [-0.1, -0.05) is 32.6 Å². The van der Waals surface area contributed by atoms with Crippen molar-refractivity contribution in [3.63, 3.8) is 0 Å². The van der Waals surface area contributed by atoms with E-state index in [0.29, 0.717) is 6.04 Å². The van der Waals surface area contributed by atoms with Crippen LogP contribution in [-0.2, 0) is 0 Å². The van der Waals surface area contributed by atoms with Crippen LogP contribution in [0.15, 0.2) is 0 Å². The van der Waals surface area contributed by atoms with E-state index in [1.165, 1.54) is 64.5 Å². The van der Waals surface area contributed by atoms with Crippen LogP contribution in [0.25, 0.3) is 0 Å². The zero-order valence-electron chi connectivity index (χ0n) is 11.8. The van der Waals surface area contributed by atoms with Crippen LogP contribution in [0.2, 0.25) is 0 Å². The summed E-state index contributed by atoms with van der Waals surface area (Å²) in [6.45, 7) is 7.14. The van der Waals surface area contributed by atoms with Gasteiger partial charge in [-0.2, -0.15) is 0 Å². The molecule has 2 aliphatic carbocycles. The average Bonchev–Trinajstić information content (AvgIpc) is 3.00. The van der Waals surface area contributed by atoms with Gasteiger partial charge in [-0.05, 0) is 39.2 Å². The average molecular weight is 238 g/mol. The fourth-order valence-electron chi connectivity index (χ4n) is 3.75. The fraction of sp³-hybridized carbons (Fsp3) is 1.00. The predicted molar refractivity (Wildman–Crippen MR) is 74.4 cm³/mol. The lowest BCUT2D eigenvalue weighted by molar-refractivity contribution is 0.148. The fourth-order valence-corrected chi connectivity index (χ4v) is 3.75. The second-order valence-electron chi connectivity index (χ2n) is 6.01. The molecule has 0 spiro atoms. The van der Waals surface area contributed by atoms with Gasteiger partial charge in [0.05, 0.1) is 0 Å². The number of nitrogens with zero attached hydrogens (tertiary/aromatic N) is 1. The van der Waals surface area contributed by atoms with Crippen LogP contribution in [-0.4, -0.2) is 36.1 Å². The van der Waals surface area contributed by atoms with E-state index in [-0.39, 0.29) is 0 Å². The van der Waals surface area contributed by atoms with E-state index in [0.717, 1.165) is 12.1 Å². The van der Waals surface area contributed by atoms with Crippen molar-refractivity contribution >= 4 is 0 Å². The molecule has 2 rings (SSSR count). The Morgan fingerprint density at radius 3 is 2.24 bits per heavy atom. The van der Waals surface area contributed by atoms with Crippen molar-refractivity contribution in [2.75, 3.05) is 13.1 Å². The molecule has 0 amide bonds. The predicted octanol–water partition coefficient (Wildman–Crippen LogP) is 3.17. The maximum absolute atomic E-state index is 3.78. The smallest absolute Gasteiger partial charge is 0.0195 e. The summed E-state index contributed by atoms with van der Waals surface area (Å²) in [4.78, 5) is 2.73. The zero-order chi connectivity index (χ0) is 12.1. The summed E-state index contributed by atoms with van der Waals surface area (Å²) in [7, 11) is 0. The Bertz CT molecular complexity index is 205. The molecule has 2 saturated carbocycles. The van der Waals surface area contributed by atoms with E-state index >= 15 is 0 Å². The van der Waals surface area contributed by atoms with Crippen molar-refractivity contribution in [3.05, 3.63) is 0 Å². The highest BCUT2D eigenvalue weighted by Gasteiger charge is 2.25. The first-order valence-electron chi connectivity index (χ1n) is 7.80. The lowest BCUT2D eigenvalue weighted by Crippen LogP contribution is -2.46. The Balaban J connectivity index is 1.73. The van der Waals surface area contributed by atoms with Gasteiger partial charge < -0.3 is 5.32 Å². The highest BCUT2D eigenvalue weighted by molar-refractivity contribution is 4.83. The molecule has 1 unspecified atom stereocenters. The SMILES string of the molecule is CCN(C(C)CNC1CCCC1)C1CCCC1. The molecule has 1 N–H and O–H groups in total. The van der Waals surface area contributed by atoms with E-state index < -0.39 is 0 Å². The molecule has 0 aromatic rings. The van der Waals surface area contributed by atoms with Crippen LogP contribution in [0.1, 0.15) is 65.2 Å². The normalized spacial score (nSPS) is 24.9. The third-order valence-electron chi connectivity index (χ3n) is 4.78. The van der Waals surface area contributed by atoms with Crippen LogP contribution in [0.4, 0.5) is 0 Å². The molecule has 17 heavy (non-hydrogen) atoms. The lowest BCUT2D eigenvalue weighted by atomic mass is 10.1. The first kappa shape index (κ1) is 13.4. The van der Waals surface area contributed by atoms with Crippen molar-refractivity contribution in [3.8, 4) is 0 Å². The molecule has 2 nitrogen and oxygen atoms in total. The van der Waals surface area contributed by atoms with Gasteiger partial charge in [0.2, 0.25) is 0 Å². The standard InChI is InChI=1S/C15H30N2/c1-3-17(15-10-6-7-11-15)13(2)12-16-14-8-4-5-9-14/h13-16H,3-12H2,1-2H3. The Kier molecular flexibility index (Phi) is 5.30. The van der Waals surface area contributed by atoms with E-state index in [1.54, 1.807) is 0 Å². The number of hydrogen-bond acceptors (Lipinski definition) is 2. The van der Waals surface area contributed by atoms with Crippen LogP contribution in [0, 0.1) is 0 Å². The van der Waals surface area contributed by atoms with Gasteiger partial charge in [0.25, 0.3) is 0 Å². The summed E-state index contributed by atoms with van der Waals surface area (Å²) in [5.74, 6) is 0. The van der Waals surface area contributed by atoms with E-state index in [9.17, 15) is 0 Å². The Hall–Kier alpha value is -0.0800. The zero-order valence-corrected chi connectivity index (χ0v) is 11.8. The topological polar surface area (TPSA) is 15.3 Å². The Labute approximate surface area is 107 Å². The summed E-state index contributed by atoms with van der Waals surface area (Å²) in [6.07, 6.45) is 11.4. The summed E-state index contributed by atoms with van der Waals surface area (Å²) in [5.41, 5.74) is 0. The minimum Gasteiger partial charge on any atom is -0.312 e. The Morgan fingerprint density at radius 2 is 1.65 bits per heavy atom. The Morgan fingerprint density at radius 1 is 1.06 bits per heavy atom. The molecule has 0 bridgehead atoms. The molecule has 2 heteroatoms. The summed E-state index contributed by atoms with van der Waals surface area (Å²) in [5, 5.41) is 3.78. The van der Waals surface area contributed by atoms with Crippen molar-refractivity contribution in [2.45, 2.75) is 83.3 Å². The van der Waals surface area contributed by atoms with Gasteiger partial charge >= 0.3 is 0 Å². The minimum absolute atomic E-state index is 0.712. The molecular weight excluding hydrogens is 208 g/mol. The number of nitrogens with one attached hydrogen (secondary N) is 1. The maximum Gasteiger partial charge on any atom is 0.0195 e. The van der Waals surface area contributed by atoms with Crippen molar-refractivity contribution in [2.24, 2.45) is 0 Å². The van der Waals surface area contributed by atoms with E-state index in [1.807, 2.05) is 0 Å². The number of rotatable bonds is 6. The molecule has 100 valence electrons. The first-order valence-corrected chi connectivity index (χ1v) is 7.80. The summed E-state index contributed by atoms with van der Waals surface area (Å²) < 4.78 is 0. The second kappa shape index (κ2) is 6.75. The minimum atomic E-state index is 0.712. The van der Waals surface area contributed by atoms with E-state index in [2.05, 4.69) is 24.1 Å². The van der Waals surface area contributed by atoms with E-state index in [4.69, 9.17) is 0 Å². The van der Waals surface area contributed by atoms with Crippen LogP contribution in [0.3, 0.4) is 0 Å². The number of hydrogen-bond donors (Lipinski definition) is 1. The molecule has 2 aliphatic rings. The third-order valence-corrected chi connectivity index (χ3v) is 4.78. The van der Waals surface area contributed by atoms with Gasteiger partial charge in [-0.15, -0.1) is 0 Å². The van der Waals surface area contributed by atoms with Crippen LogP contribution < -0.4 is 5.32 Å². The van der Waals surface area contributed by atoms with Gasteiger partial charge in [0.15, 0.2) is 0 Å². The monoisotopic (exact) mass is 238 g/mol. The molecule has 0 aromatic heterocycles. The van der Waals surface area contributed by atoms with Gasteiger partial charge in [0.1, 0.15) is 0 Å². The molecule has 0 aromatic carbocycles. The quantitative estimate of drug-likeness (QED) is 0.764. The number of likely N-dealkylation sites (N-methyl/N-ethyl adjacent to an activating group) is 1. The van der Waals surface area contributed by atoms with Gasteiger partial charge in [0, 0.05) is 24.7 Å². The molecule has 0 radical (unpaired) electrons. The van der Waals surface area contributed by atoms with Crippen LogP contribution in [0.5, 0.6) is 0 Å². The van der Waals surface area contributed by atoms with Crippen molar-refractivity contribution in [1.29, 1.82) is 0 Å². The summed E-state index contributed by atoms with van der Waals surface area (Å²) >= 11 is 0. The molecule has 0 saturated heterocycles. The third kappa shape index (κ3) is 3.69. The highest BCUT2D eigenvalue weighted by atomic mass is 15.2. The molecule has 1 atom stereocenters. The molecule has 0 aliphatic heterocycles. The molecular formula is C15H30N2.